The van der Waals surface area contributed by atoms with E-state index in [9.17, 15) is 14.0 Å². The highest BCUT2D eigenvalue weighted by Crippen LogP contribution is 2.50. The first kappa shape index (κ1) is 26.6. The highest BCUT2D eigenvalue weighted by atomic mass is 19.1. The minimum absolute atomic E-state index is 0.0689. The number of aromatic nitrogens is 2. The fourth-order valence-corrected chi connectivity index (χ4v) is 5.58. The fourth-order valence-electron chi connectivity index (χ4n) is 5.58. The molecular weight excluding hydrogens is 517 g/mol. The highest BCUT2D eigenvalue weighted by Gasteiger charge is 2.48. The molecule has 0 saturated heterocycles. The summed E-state index contributed by atoms with van der Waals surface area (Å²) in [6.45, 7) is 5.93. The zero-order chi connectivity index (χ0) is 28.9. The Bertz CT molecular complexity index is 1820. The first-order chi connectivity index (χ1) is 19.7. The third kappa shape index (κ3) is 4.82. The van der Waals surface area contributed by atoms with E-state index in [1.165, 1.54) is 12.1 Å². The van der Waals surface area contributed by atoms with Crippen molar-refractivity contribution in [3.8, 4) is 22.5 Å². The van der Waals surface area contributed by atoms with Crippen LogP contribution in [0.25, 0.3) is 33.4 Å². The number of Topliss-reactive ketones (excluding diaryl/α,β-unsaturated/α-hetero) is 1. The van der Waals surface area contributed by atoms with E-state index in [0.29, 0.717) is 39.8 Å². The molecular formula is C34H30FN3O3. The second-order valence-electron chi connectivity index (χ2n) is 11.0. The molecule has 206 valence electrons. The number of carbonyl (C=O) groups is 2. The summed E-state index contributed by atoms with van der Waals surface area (Å²) in [5.41, 5.74) is 6.62. The van der Waals surface area contributed by atoms with Crippen LogP contribution in [-0.2, 0) is 5.41 Å². The summed E-state index contributed by atoms with van der Waals surface area (Å²) in [6.07, 6.45) is 5.78. The molecule has 0 radical (unpaired) electrons. The van der Waals surface area contributed by atoms with Crippen LogP contribution in [0.5, 0.6) is 0 Å². The smallest absolute Gasteiger partial charge is 0.255 e. The summed E-state index contributed by atoms with van der Waals surface area (Å²) in [6, 6.07) is 15.5. The molecule has 5 aromatic rings. The van der Waals surface area contributed by atoms with Crippen LogP contribution in [-0.4, -0.2) is 28.7 Å². The number of amides is 1. The number of carbonyl (C=O) groups excluding carboxylic acids is 2. The Hall–Kier alpha value is -4.65. The minimum Gasteiger partial charge on any atom is -0.455 e. The maximum atomic E-state index is 13.7. The summed E-state index contributed by atoms with van der Waals surface area (Å²) in [7, 11) is 1.57. The fraction of sp³-hybridized carbons (Fsp3) is 0.235. The van der Waals surface area contributed by atoms with Crippen LogP contribution in [0.1, 0.15) is 62.5 Å². The third-order valence-corrected chi connectivity index (χ3v) is 8.04. The minimum atomic E-state index is -0.368. The number of benzene rings is 3. The highest BCUT2D eigenvalue weighted by molar-refractivity contribution is 6.12. The van der Waals surface area contributed by atoms with Gasteiger partial charge in [-0.25, -0.2) is 14.4 Å². The molecule has 0 unspecified atom stereocenters. The maximum Gasteiger partial charge on any atom is 0.255 e. The predicted octanol–water partition coefficient (Wildman–Crippen LogP) is 7.29. The lowest BCUT2D eigenvalue weighted by Gasteiger charge is -2.16. The number of nitrogens with zero attached hydrogens (tertiary/aromatic N) is 2. The standard InChI is InChI=1S/C34H30FN3O3/c1-19-17-37-33(38-18-19)34(11-12-34)16-28(39)26-15-25(20(2)13-21(26)3)23-7-10-29-27(14-23)30(32(40)36-4)31(41-29)22-5-8-24(35)9-6-22/h5-10,13-15,17-18H,11-12,16H2,1-4H3,(H,36,40). The lowest BCUT2D eigenvalue weighted by Crippen LogP contribution is -2.18. The topological polar surface area (TPSA) is 85.1 Å². The molecule has 1 amide bonds. The number of hydrogen-bond donors (Lipinski definition) is 1. The van der Waals surface area contributed by atoms with E-state index in [4.69, 9.17) is 4.42 Å². The van der Waals surface area contributed by atoms with Crippen molar-refractivity contribution >= 4 is 22.7 Å². The van der Waals surface area contributed by atoms with Crippen molar-refractivity contribution in [2.24, 2.45) is 0 Å². The first-order valence-electron chi connectivity index (χ1n) is 13.7. The number of rotatable bonds is 7. The Morgan fingerprint density at radius 3 is 2.27 bits per heavy atom. The Balaban J connectivity index is 1.40. The van der Waals surface area contributed by atoms with Gasteiger partial charge >= 0.3 is 0 Å². The normalized spacial score (nSPS) is 13.8. The van der Waals surface area contributed by atoms with Gasteiger partial charge in [0.2, 0.25) is 0 Å². The molecule has 1 N–H and O–H groups in total. The van der Waals surface area contributed by atoms with Gasteiger partial charge in [-0.1, -0.05) is 12.1 Å². The molecule has 6 rings (SSSR count). The lowest BCUT2D eigenvalue weighted by molar-refractivity contribution is 0.0958. The molecule has 1 aliphatic rings. The van der Waals surface area contributed by atoms with Crippen LogP contribution in [0.4, 0.5) is 4.39 Å². The van der Waals surface area contributed by atoms with Crippen molar-refractivity contribution in [1.82, 2.24) is 15.3 Å². The van der Waals surface area contributed by atoms with Crippen molar-refractivity contribution in [3.63, 3.8) is 0 Å². The number of nitrogens with one attached hydrogen (secondary N) is 1. The molecule has 41 heavy (non-hydrogen) atoms. The van der Waals surface area contributed by atoms with Gasteiger partial charge in [0.05, 0.1) is 5.56 Å². The van der Waals surface area contributed by atoms with Crippen molar-refractivity contribution in [2.75, 3.05) is 7.05 Å². The zero-order valence-corrected chi connectivity index (χ0v) is 23.5. The van der Waals surface area contributed by atoms with Gasteiger partial charge in [0, 0.05) is 47.8 Å². The molecule has 0 spiro atoms. The van der Waals surface area contributed by atoms with Crippen LogP contribution in [0.15, 0.2) is 71.4 Å². The van der Waals surface area contributed by atoms with Crippen molar-refractivity contribution < 1.29 is 18.4 Å². The number of ketones is 1. The molecule has 2 heterocycles. The molecule has 0 aliphatic heterocycles. The van der Waals surface area contributed by atoms with Gasteiger partial charge in [-0.2, -0.15) is 0 Å². The SMILES string of the molecule is CNC(=O)c1c(-c2ccc(F)cc2)oc2ccc(-c3cc(C(=O)CC4(c5ncc(C)cn5)CC4)c(C)cc3C)cc12. The number of halogens is 1. The average Bonchev–Trinajstić information content (AvgIpc) is 3.64. The van der Waals surface area contributed by atoms with E-state index in [1.807, 2.05) is 63.5 Å². The number of furan rings is 1. The predicted molar refractivity (Wildman–Crippen MR) is 157 cm³/mol. The van der Waals surface area contributed by atoms with Crippen LogP contribution in [0.2, 0.25) is 0 Å². The van der Waals surface area contributed by atoms with Gasteiger partial charge in [0.15, 0.2) is 5.78 Å². The third-order valence-electron chi connectivity index (χ3n) is 8.04. The largest absolute Gasteiger partial charge is 0.455 e. The monoisotopic (exact) mass is 547 g/mol. The Kier molecular flexibility index (Phi) is 6.53. The molecule has 1 aliphatic carbocycles. The summed E-state index contributed by atoms with van der Waals surface area (Å²) in [5, 5.41) is 3.34. The molecule has 2 aromatic heterocycles. The lowest BCUT2D eigenvalue weighted by atomic mass is 9.88. The van der Waals surface area contributed by atoms with Crippen LogP contribution < -0.4 is 5.32 Å². The van der Waals surface area contributed by atoms with Gasteiger partial charge in [-0.3, -0.25) is 9.59 Å². The van der Waals surface area contributed by atoms with Gasteiger partial charge in [-0.05, 0) is 104 Å². The summed E-state index contributed by atoms with van der Waals surface area (Å²) >= 11 is 0. The molecule has 7 heteroatoms. The molecule has 1 saturated carbocycles. The molecule has 1 fully saturated rings. The van der Waals surface area contributed by atoms with Gasteiger partial charge in [0.25, 0.3) is 5.91 Å². The van der Waals surface area contributed by atoms with Crippen LogP contribution in [0, 0.1) is 26.6 Å². The van der Waals surface area contributed by atoms with Crippen LogP contribution >= 0.6 is 0 Å². The quantitative estimate of drug-likeness (QED) is 0.216. The summed E-state index contributed by atoms with van der Waals surface area (Å²) in [4.78, 5) is 35.8. The second kappa shape index (κ2) is 10.1. The number of fused-ring (bicyclic) bond motifs is 1. The van der Waals surface area contributed by atoms with E-state index >= 15 is 0 Å². The van der Waals surface area contributed by atoms with Gasteiger partial charge in [-0.15, -0.1) is 0 Å². The molecule has 3 aromatic carbocycles. The average molecular weight is 548 g/mol. The van der Waals surface area contributed by atoms with E-state index in [1.54, 1.807) is 19.2 Å². The molecule has 0 atom stereocenters. The zero-order valence-electron chi connectivity index (χ0n) is 23.5. The van der Waals surface area contributed by atoms with Crippen LogP contribution in [0.3, 0.4) is 0 Å². The van der Waals surface area contributed by atoms with E-state index in [-0.39, 0.29) is 22.9 Å². The van der Waals surface area contributed by atoms with Gasteiger partial charge in [0.1, 0.15) is 23.0 Å². The Labute approximate surface area is 237 Å². The molecule has 6 nitrogen and oxygen atoms in total. The van der Waals surface area contributed by atoms with E-state index in [0.717, 1.165) is 46.5 Å². The first-order valence-corrected chi connectivity index (χ1v) is 13.7. The second-order valence-corrected chi connectivity index (χ2v) is 11.0. The van der Waals surface area contributed by atoms with E-state index in [2.05, 4.69) is 15.3 Å². The summed E-state index contributed by atoms with van der Waals surface area (Å²) < 4.78 is 19.7. The van der Waals surface area contributed by atoms with Crippen molar-refractivity contribution in [3.05, 3.63) is 106 Å². The molecule has 0 bridgehead atoms. The van der Waals surface area contributed by atoms with Gasteiger partial charge < -0.3 is 9.73 Å². The summed E-state index contributed by atoms with van der Waals surface area (Å²) in [5.74, 6) is 0.517. The van der Waals surface area contributed by atoms with E-state index < -0.39 is 0 Å². The Morgan fingerprint density at radius 1 is 0.927 bits per heavy atom. The van der Waals surface area contributed by atoms with Crippen molar-refractivity contribution in [2.45, 2.75) is 45.4 Å². The number of aryl methyl sites for hydroxylation is 3. The van der Waals surface area contributed by atoms with Crippen molar-refractivity contribution in [1.29, 1.82) is 0 Å². The number of hydrogen-bond acceptors (Lipinski definition) is 5. The maximum absolute atomic E-state index is 13.7. The Morgan fingerprint density at radius 2 is 1.61 bits per heavy atom.